The number of aliphatic carboxylic acids is 1. The number of carbonyl (C=O) groups is 2. The lowest BCUT2D eigenvalue weighted by atomic mass is 9.94. The normalized spacial score (nSPS) is 12.2. The molecule has 0 radical (unpaired) electrons. The summed E-state index contributed by atoms with van der Waals surface area (Å²) in [6.45, 7) is 1.89. The Morgan fingerprint density at radius 3 is 2.44 bits per heavy atom. The fraction of sp³-hybridized carbons (Fsp3) is 0.385. The zero-order valence-corrected chi connectivity index (χ0v) is 11.5. The highest BCUT2D eigenvalue weighted by molar-refractivity contribution is 6.42. The second-order valence-corrected chi connectivity index (χ2v) is 4.89. The third kappa shape index (κ3) is 4.00. The standard InChI is InChI=1S/C13H14Cl2O3/c1-2-3-9(13(17)18)7-12(16)8-4-5-10(14)11(15)6-8/h4-6,9H,2-3,7H2,1H3,(H,17,18). The lowest BCUT2D eigenvalue weighted by Gasteiger charge is -2.10. The number of ketones is 1. The van der Waals surface area contributed by atoms with E-state index < -0.39 is 11.9 Å². The summed E-state index contributed by atoms with van der Waals surface area (Å²) in [5.74, 6) is -1.81. The van der Waals surface area contributed by atoms with Gasteiger partial charge < -0.3 is 5.11 Å². The summed E-state index contributed by atoms with van der Waals surface area (Å²) in [5, 5.41) is 9.67. The minimum absolute atomic E-state index is 0.0128. The molecule has 0 bridgehead atoms. The zero-order valence-electron chi connectivity index (χ0n) is 9.95. The van der Waals surface area contributed by atoms with Crippen molar-refractivity contribution in [3.8, 4) is 0 Å². The van der Waals surface area contributed by atoms with Crippen molar-refractivity contribution in [3.05, 3.63) is 33.8 Å². The summed E-state index contributed by atoms with van der Waals surface area (Å²) >= 11 is 11.6. The largest absolute Gasteiger partial charge is 0.481 e. The van der Waals surface area contributed by atoms with Crippen molar-refractivity contribution in [2.24, 2.45) is 5.92 Å². The number of Topliss-reactive ketones (excluding diaryl/α,β-unsaturated/α-hetero) is 1. The van der Waals surface area contributed by atoms with Crippen LogP contribution in [0.5, 0.6) is 0 Å². The van der Waals surface area contributed by atoms with Crippen molar-refractivity contribution >= 4 is 35.0 Å². The molecule has 0 aliphatic carbocycles. The van der Waals surface area contributed by atoms with Crippen LogP contribution in [-0.4, -0.2) is 16.9 Å². The highest BCUT2D eigenvalue weighted by Gasteiger charge is 2.21. The van der Waals surface area contributed by atoms with Gasteiger partial charge >= 0.3 is 5.97 Å². The fourth-order valence-corrected chi connectivity index (χ4v) is 1.97. The Morgan fingerprint density at radius 2 is 1.94 bits per heavy atom. The minimum atomic E-state index is -0.940. The average Bonchev–Trinajstić information content (AvgIpc) is 2.31. The topological polar surface area (TPSA) is 54.4 Å². The fourth-order valence-electron chi connectivity index (χ4n) is 1.67. The second-order valence-electron chi connectivity index (χ2n) is 4.08. The van der Waals surface area contributed by atoms with Crippen LogP contribution in [0.1, 0.15) is 36.5 Å². The smallest absolute Gasteiger partial charge is 0.306 e. The van der Waals surface area contributed by atoms with Crippen LogP contribution in [0.25, 0.3) is 0 Å². The molecular formula is C13H14Cl2O3. The van der Waals surface area contributed by atoms with Gasteiger partial charge in [0.25, 0.3) is 0 Å². The Labute approximate surface area is 116 Å². The molecule has 1 rings (SSSR count). The first-order valence-corrected chi connectivity index (χ1v) is 6.42. The van der Waals surface area contributed by atoms with Crippen molar-refractivity contribution in [2.75, 3.05) is 0 Å². The third-order valence-corrected chi connectivity index (χ3v) is 3.40. The molecule has 1 atom stereocenters. The van der Waals surface area contributed by atoms with E-state index in [0.29, 0.717) is 22.0 Å². The maximum absolute atomic E-state index is 11.9. The lowest BCUT2D eigenvalue weighted by molar-refractivity contribution is -0.141. The number of carbonyl (C=O) groups excluding carboxylic acids is 1. The average molecular weight is 289 g/mol. The van der Waals surface area contributed by atoms with Crippen LogP contribution in [0.3, 0.4) is 0 Å². The molecule has 0 aliphatic heterocycles. The van der Waals surface area contributed by atoms with Crippen LogP contribution < -0.4 is 0 Å². The Balaban J connectivity index is 2.80. The van der Waals surface area contributed by atoms with Crippen LogP contribution in [0.2, 0.25) is 10.0 Å². The molecule has 1 N–H and O–H groups in total. The van der Waals surface area contributed by atoms with E-state index in [-0.39, 0.29) is 12.2 Å². The lowest BCUT2D eigenvalue weighted by Crippen LogP contribution is -2.18. The van der Waals surface area contributed by atoms with Crippen LogP contribution in [0.15, 0.2) is 18.2 Å². The van der Waals surface area contributed by atoms with Crippen molar-refractivity contribution in [1.82, 2.24) is 0 Å². The number of rotatable bonds is 6. The molecule has 1 unspecified atom stereocenters. The van der Waals surface area contributed by atoms with E-state index in [1.54, 1.807) is 6.07 Å². The monoisotopic (exact) mass is 288 g/mol. The Bertz CT molecular complexity index is 458. The molecule has 18 heavy (non-hydrogen) atoms. The molecule has 0 fully saturated rings. The second kappa shape index (κ2) is 6.76. The molecule has 0 aliphatic rings. The van der Waals surface area contributed by atoms with Gasteiger partial charge in [0, 0.05) is 12.0 Å². The van der Waals surface area contributed by atoms with Crippen LogP contribution in [0.4, 0.5) is 0 Å². The van der Waals surface area contributed by atoms with E-state index in [0.717, 1.165) is 6.42 Å². The SMILES string of the molecule is CCCC(CC(=O)c1ccc(Cl)c(Cl)c1)C(=O)O. The zero-order chi connectivity index (χ0) is 13.7. The number of carboxylic acid groups (broad SMARTS) is 1. The van der Waals surface area contributed by atoms with Gasteiger partial charge in [0.05, 0.1) is 16.0 Å². The van der Waals surface area contributed by atoms with Crippen molar-refractivity contribution in [3.63, 3.8) is 0 Å². The Morgan fingerprint density at radius 1 is 1.28 bits per heavy atom. The summed E-state index contributed by atoms with van der Waals surface area (Å²) in [4.78, 5) is 22.9. The van der Waals surface area contributed by atoms with E-state index in [4.69, 9.17) is 28.3 Å². The molecule has 3 nitrogen and oxygen atoms in total. The quantitative estimate of drug-likeness (QED) is 0.803. The summed E-state index contributed by atoms with van der Waals surface area (Å²) < 4.78 is 0. The first-order valence-electron chi connectivity index (χ1n) is 5.66. The number of halogens is 2. The van der Waals surface area contributed by atoms with Crippen molar-refractivity contribution < 1.29 is 14.7 Å². The van der Waals surface area contributed by atoms with E-state index in [9.17, 15) is 9.59 Å². The van der Waals surface area contributed by atoms with Crippen LogP contribution in [0, 0.1) is 5.92 Å². The molecule has 98 valence electrons. The van der Waals surface area contributed by atoms with Crippen molar-refractivity contribution in [2.45, 2.75) is 26.2 Å². The third-order valence-electron chi connectivity index (χ3n) is 2.66. The van der Waals surface area contributed by atoms with Crippen LogP contribution in [-0.2, 0) is 4.79 Å². The number of hydrogen-bond donors (Lipinski definition) is 1. The van der Waals surface area contributed by atoms with Crippen LogP contribution >= 0.6 is 23.2 Å². The van der Waals surface area contributed by atoms with E-state index >= 15 is 0 Å². The molecule has 0 amide bonds. The summed E-state index contributed by atoms with van der Waals surface area (Å²) in [5.41, 5.74) is 0.395. The Kier molecular flexibility index (Phi) is 5.63. The van der Waals surface area contributed by atoms with Gasteiger partial charge in [-0.25, -0.2) is 0 Å². The number of benzene rings is 1. The molecular weight excluding hydrogens is 275 g/mol. The van der Waals surface area contributed by atoms with Gasteiger partial charge in [-0.15, -0.1) is 0 Å². The molecule has 0 aromatic heterocycles. The maximum atomic E-state index is 11.9. The molecule has 0 saturated carbocycles. The van der Waals surface area contributed by atoms with E-state index in [1.807, 2.05) is 6.92 Å². The number of carboxylic acids is 1. The Hall–Kier alpha value is -1.06. The molecule has 1 aromatic rings. The maximum Gasteiger partial charge on any atom is 0.306 e. The van der Waals surface area contributed by atoms with Gasteiger partial charge in [-0.3, -0.25) is 9.59 Å². The summed E-state index contributed by atoms with van der Waals surface area (Å²) in [6.07, 6.45) is 1.20. The van der Waals surface area contributed by atoms with E-state index in [1.165, 1.54) is 12.1 Å². The van der Waals surface area contributed by atoms with Gasteiger partial charge in [-0.05, 0) is 24.6 Å². The van der Waals surface area contributed by atoms with Gasteiger partial charge in [0.1, 0.15) is 0 Å². The first kappa shape index (κ1) is 15.0. The van der Waals surface area contributed by atoms with E-state index in [2.05, 4.69) is 0 Å². The molecule has 5 heteroatoms. The molecule has 0 saturated heterocycles. The molecule has 0 heterocycles. The summed E-state index contributed by atoms with van der Waals surface area (Å²) in [7, 11) is 0. The highest BCUT2D eigenvalue weighted by Crippen LogP contribution is 2.24. The highest BCUT2D eigenvalue weighted by atomic mass is 35.5. The molecule has 0 spiro atoms. The van der Waals surface area contributed by atoms with Crippen molar-refractivity contribution in [1.29, 1.82) is 0 Å². The van der Waals surface area contributed by atoms with Gasteiger partial charge in [-0.2, -0.15) is 0 Å². The predicted octanol–water partition coefficient (Wildman–Crippen LogP) is 4.07. The minimum Gasteiger partial charge on any atom is -0.481 e. The van der Waals surface area contributed by atoms with Gasteiger partial charge in [0.2, 0.25) is 0 Å². The number of hydrogen-bond acceptors (Lipinski definition) is 2. The van der Waals surface area contributed by atoms with Gasteiger partial charge in [-0.1, -0.05) is 36.5 Å². The van der Waals surface area contributed by atoms with Gasteiger partial charge in [0.15, 0.2) is 5.78 Å². The molecule has 1 aromatic carbocycles. The first-order chi connectivity index (χ1) is 8.45. The summed E-state index contributed by atoms with van der Waals surface area (Å²) in [6, 6.07) is 4.56. The predicted molar refractivity (Wildman–Crippen MR) is 71.4 cm³/mol.